The standard InChI is InChI=1S/C13H18N2OS/c14-12(11-2-1-7-17-11)13(16)15(10-5-6-10)8-9-3-4-9/h1-2,7,9-10,12H,3-6,8,14H2. The second-order valence-corrected chi connectivity index (χ2v) is 6.14. The second-order valence-electron chi connectivity index (χ2n) is 5.16. The van der Waals surface area contributed by atoms with Gasteiger partial charge in [0.2, 0.25) is 5.91 Å². The van der Waals surface area contributed by atoms with Crippen LogP contribution < -0.4 is 5.73 Å². The summed E-state index contributed by atoms with van der Waals surface area (Å²) in [6.07, 6.45) is 4.89. The van der Waals surface area contributed by atoms with Gasteiger partial charge < -0.3 is 10.6 Å². The van der Waals surface area contributed by atoms with Crippen LogP contribution in [0.2, 0.25) is 0 Å². The molecule has 3 rings (SSSR count). The fraction of sp³-hybridized carbons (Fsp3) is 0.615. The first-order valence-corrected chi connectivity index (χ1v) is 7.23. The average molecular weight is 250 g/mol. The van der Waals surface area contributed by atoms with E-state index in [-0.39, 0.29) is 5.91 Å². The summed E-state index contributed by atoms with van der Waals surface area (Å²) in [5, 5.41) is 1.98. The van der Waals surface area contributed by atoms with E-state index >= 15 is 0 Å². The number of hydrogen-bond donors (Lipinski definition) is 1. The van der Waals surface area contributed by atoms with Crippen LogP contribution in [0.4, 0.5) is 0 Å². The van der Waals surface area contributed by atoms with Gasteiger partial charge in [0.25, 0.3) is 0 Å². The lowest BCUT2D eigenvalue weighted by Gasteiger charge is -2.25. The number of thiophene rings is 1. The smallest absolute Gasteiger partial charge is 0.245 e. The molecule has 1 unspecified atom stereocenters. The Labute approximate surface area is 106 Å². The van der Waals surface area contributed by atoms with E-state index in [1.54, 1.807) is 11.3 Å². The average Bonchev–Trinajstić information content (AvgIpc) is 3.24. The van der Waals surface area contributed by atoms with Crippen molar-refractivity contribution < 1.29 is 4.79 Å². The molecular weight excluding hydrogens is 232 g/mol. The third-order valence-corrected chi connectivity index (χ3v) is 4.49. The third kappa shape index (κ3) is 2.53. The minimum Gasteiger partial charge on any atom is -0.338 e. The number of carbonyl (C=O) groups is 1. The van der Waals surface area contributed by atoms with Gasteiger partial charge in [-0.2, -0.15) is 0 Å². The lowest BCUT2D eigenvalue weighted by molar-refractivity contribution is -0.133. The van der Waals surface area contributed by atoms with Crippen LogP contribution in [0.5, 0.6) is 0 Å². The normalized spacial score (nSPS) is 21.2. The first-order chi connectivity index (χ1) is 8.25. The van der Waals surface area contributed by atoms with Crippen molar-refractivity contribution in [3.63, 3.8) is 0 Å². The Bertz CT molecular complexity index is 396. The maximum absolute atomic E-state index is 12.4. The Balaban J connectivity index is 1.69. The highest BCUT2D eigenvalue weighted by Crippen LogP contribution is 2.36. The number of amides is 1. The fourth-order valence-corrected chi connectivity index (χ4v) is 2.87. The third-order valence-electron chi connectivity index (χ3n) is 3.54. The molecule has 2 fully saturated rings. The molecule has 2 N–H and O–H groups in total. The predicted molar refractivity (Wildman–Crippen MR) is 68.7 cm³/mol. The quantitative estimate of drug-likeness (QED) is 0.870. The molecule has 0 aromatic carbocycles. The van der Waals surface area contributed by atoms with Crippen molar-refractivity contribution >= 4 is 17.2 Å². The molecule has 1 atom stereocenters. The summed E-state index contributed by atoms with van der Waals surface area (Å²) in [5.74, 6) is 0.872. The summed E-state index contributed by atoms with van der Waals surface area (Å²) in [5.41, 5.74) is 6.06. The van der Waals surface area contributed by atoms with E-state index in [2.05, 4.69) is 0 Å². The molecule has 2 aliphatic carbocycles. The first kappa shape index (κ1) is 11.2. The van der Waals surface area contributed by atoms with Crippen molar-refractivity contribution in [3.05, 3.63) is 22.4 Å². The van der Waals surface area contributed by atoms with Gasteiger partial charge in [0.15, 0.2) is 0 Å². The maximum Gasteiger partial charge on any atom is 0.245 e. The molecule has 0 radical (unpaired) electrons. The van der Waals surface area contributed by atoms with Crippen LogP contribution in [0.15, 0.2) is 17.5 Å². The van der Waals surface area contributed by atoms with E-state index in [0.717, 1.165) is 30.2 Å². The van der Waals surface area contributed by atoms with Crippen molar-refractivity contribution in [1.29, 1.82) is 0 Å². The zero-order valence-corrected chi connectivity index (χ0v) is 10.7. The Kier molecular flexibility index (Phi) is 2.92. The lowest BCUT2D eigenvalue weighted by Crippen LogP contribution is -2.41. The molecule has 0 bridgehead atoms. The van der Waals surface area contributed by atoms with E-state index in [9.17, 15) is 4.79 Å². The molecule has 1 aromatic heterocycles. The Morgan fingerprint density at radius 2 is 2.24 bits per heavy atom. The van der Waals surface area contributed by atoms with Crippen LogP contribution in [0.25, 0.3) is 0 Å². The van der Waals surface area contributed by atoms with Crippen LogP contribution in [0.3, 0.4) is 0 Å². The summed E-state index contributed by atoms with van der Waals surface area (Å²) in [6, 6.07) is 3.94. The number of carbonyl (C=O) groups excluding carboxylic acids is 1. The summed E-state index contributed by atoms with van der Waals surface area (Å²) >= 11 is 1.57. The number of nitrogens with two attached hydrogens (primary N) is 1. The van der Waals surface area contributed by atoms with Gasteiger partial charge in [0.1, 0.15) is 6.04 Å². The van der Waals surface area contributed by atoms with Crippen LogP contribution >= 0.6 is 11.3 Å². The second kappa shape index (κ2) is 4.42. The van der Waals surface area contributed by atoms with Crippen molar-refractivity contribution in [2.24, 2.45) is 11.7 Å². The van der Waals surface area contributed by atoms with Gasteiger partial charge in [-0.15, -0.1) is 11.3 Å². The molecule has 17 heavy (non-hydrogen) atoms. The lowest BCUT2D eigenvalue weighted by atomic mass is 10.2. The van der Waals surface area contributed by atoms with Crippen LogP contribution in [0, 0.1) is 5.92 Å². The zero-order chi connectivity index (χ0) is 11.8. The number of rotatable bonds is 5. The zero-order valence-electron chi connectivity index (χ0n) is 9.84. The molecule has 0 saturated heterocycles. The van der Waals surface area contributed by atoms with Crippen molar-refractivity contribution in [2.45, 2.75) is 37.8 Å². The molecule has 0 aliphatic heterocycles. The summed E-state index contributed by atoms with van der Waals surface area (Å²) in [7, 11) is 0. The van der Waals surface area contributed by atoms with Gasteiger partial charge >= 0.3 is 0 Å². The SMILES string of the molecule is NC(C(=O)N(CC1CC1)C1CC1)c1cccs1. The summed E-state index contributed by atoms with van der Waals surface area (Å²) in [6.45, 7) is 0.933. The van der Waals surface area contributed by atoms with Crippen LogP contribution in [0.1, 0.15) is 36.6 Å². The molecule has 1 amide bonds. The molecule has 4 heteroatoms. The van der Waals surface area contributed by atoms with Gasteiger partial charge in [-0.3, -0.25) is 4.79 Å². The van der Waals surface area contributed by atoms with Gasteiger partial charge in [-0.25, -0.2) is 0 Å². The van der Waals surface area contributed by atoms with Gasteiger partial charge in [0.05, 0.1) is 0 Å². The monoisotopic (exact) mass is 250 g/mol. The molecule has 2 saturated carbocycles. The highest BCUT2D eigenvalue weighted by atomic mass is 32.1. The van der Waals surface area contributed by atoms with Crippen LogP contribution in [-0.4, -0.2) is 23.4 Å². The van der Waals surface area contributed by atoms with Crippen molar-refractivity contribution in [2.75, 3.05) is 6.54 Å². The van der Waals surface area contributed by atoms with Gasteiger partial charge in [-0.1, -0.05) is 6.07 Å². The van der Waals surface area contributed by atoms with Crippen molar-refractivity contribution in [3.8, 4) is 0 Å². The molecule has 3 nitrogen and oxygen atoms in total. The maximum atomic E-state index is 12.4. The largest absolute Gasteiger partial charge is 0.338 e. The van der Waals surface area contributed by atoms with Gasteiger partial charge in [-0.05, 0) is 43.0 Å². The van der Waals surface area contributed by atoms with E-state index < -0.39 is 6.04 Å². The molecule has 2 aliphatic rings. The number of hydrogen-bond acceptors (Lipinski definition) is 3. The number of nitrogens with zero attached hydrogens (tertiary/aromatic N) is 1. The van der Waals surface area contributed by atoms with Crippen molar-refractivity contribution in [1.82, 2.24) is 4.90 Å². The molecule has 1 aromatic rings. The predicted octanol–water partition coefficient (Wildman–Crippen LogP) is 2.15. The Morgan fingerprint density at radius 1 is 1.47 bits per heavy atom. The van der Waals surface area contributed by atoms with Crippen LogP contribution in [-0.2, 0) is 4.79 Å². The minimum atomic E-state index is -0.450. The highest BCUT2D eigenvalue weighted by molar-refractivity contribution is 7.10. The first-order valence-electron chi connectivity index (χ1n) is 6.35. The molecule has 0 spiro atoms. The Hall–Kier alpha value is -0.870. The van der Waals surface area contributed by atoms with E-state index in [0.29, 0.717) is 6.04 Å². The molecular formula is C13H18N2OS. The molecule has 92 valence electrons. The molecule has 1 heterocycles. The van der Waals surface area contributed by atoms with E-state index in [1.165, 1.54) is 12.8 Å². The van der Waals surface area contributed by atoms with E-state index in [1.807, 2.05) is 22.4 Å². The minimum absolute atomic E-state index is 0.127. The summed E-state index contributed by atoms with van der Waals surface area (Å²) < 4.78 is 0. The fourth-order valence-electron chi connectivity index (χ4n) is 2.15. The topological polar surface area (TPSA) is 46.3 Å². The van der Waals surface area contributed by atoms with E-state index in [4.69, 9.17) is 5.73 Å². The highest BCUT2D eigenvalue weighted by Gasteiger charge is 2.38. The Morgan fingerprint density at radius 3 is 2.76 bits per heavy atom. The summed E-state index contributed by atoms with van der Waals surface area (Å²) in [4.78, 5) is 15.4. The van der Waals surface area contributed by atoms with Gasteiger partial charge in [0, 0.05) is 17.5 Å².